The van der Waals surface area contributed by atoms with Gasteiger partial charge >= 0.3 is 0 Å². The van der Waals surface area contributed by atoms with Crippen LogP contribution in [0.2, 0.25) is 0 Å². The summed E-state index contributed by atoms with van der Waals surface area (Å²) >= 11 is 0. The van der Waals surface area contributed by atoms with Gasteiger partial charge < -0.3 is 14.8 Å². The normalized spacial score (nSPS) is 26.5. The van der Waals surface area contributed by atoms with Crippen LogP contribution in [-0.2, 0) is 4.79 Å². The Bertz CT molecular complexity index is 808. The van der Waals surface area contributed by atoms with E-state index in [0.717, 1.165) is 42.9 Å². The molecule has 7 heteroatoms. The number of carbonyl (C=O) groups excluding carboxylic acids is 1. The third-order valence-electron chi connectivity index (χ3n) is 5.35. The standard InChI is InChI=1S/C16H18N6O/c1-11-8-22(13(23)2-5-17)16(11)4-7-21(9-16)15-12-3-6-18-14(12)19-10-20-15/h3,6,10-11H,2,4,7-9H2,1H3,(H,18,19,20)/t11-,16+/m0/s1. The van der Waals surface area contributed by atoms with Crippen LogP contribution in [0.4, 0.5) is 5.82 Å². The predicted molar refractivity (Wildman–Crippen MR) is 84.6 cm³/mol. The Morgan fingerprint density at radius 1 is 1.57 bits per heavy atom. The molecule has 2 aliphatic rings. The molecule has 0 unspecified atom stereocenters. The first-order chi connectivity index (χ1) is 11.2. The topological polar surface area (TPSA) is 88.9 Å². The average molecular weight is 310 g/mol. The fourth-order valence-corrected chi connectivity index (χ4v) is 4.02. The maximum Gasteiger partial charge on any atom is 0.237 e. The van der Waals surface area contributed by atoms with E-state index in [0.29, 0.717) is 5.92 Å². The lowest BCUT2D eigenvalue weighted by molar-refractivity contribution is -0.152. The Kier molecular flexibility index (Phi) is 3.01. The summed E-state index contributed by atoms with van der Waals surface area (Å²) in [4.78, 5) is 28.1. The van der Waals surface area contributed by atoms with Gasteiger partial charge in [0.1, 0.15) is 24.2 Å². The van der Waals surface area contributed by atoms with Gasteiger partial charge in [0.05, 0.1) is 17.0 Å². The summed E-state index contributed by atoms with van der Waals surface area (Å²) < 4.78 is 0. The van der Waals surface area contributed by atoms with Crippen molar-refractivity contribution in [3.05, 3.63) is 18.6 Å². The van der Waals surface area contributed by atoms with E-state index in [1.807, 2.05) is 23.2 Å². The zero-order chi connectivity index (χ0) is 16.0. The molecule has 2 saturated heterocycles. The summed E-state index contributed by atoms with van der Waals surface area (Å²) in [6.07, 6.45) is 4.32. The molecule has 2 aromatic rings. The van der Waals surface area contributed by atoms with E-state index in [4.69, 9.17) is 5.26 Å². The highest BCUT2D eigenvalue weighted by Crippen LogP contribution is 2.45. The smallest absolute Gasteiger partial charge is 0.237 e. The average Bonchev–Trinajstić information content (AvgIpc) is 3.20. The van der Waals surface area contributed by atoms with Crippen LogP contribution in [0.1, 0.15) is 19.8 Å². The van der Waals surface area contributed by atoms with Gasteiger partial charge in [0, 0.05) is 25.8 Å². The van der Waals surface area contributed by atoms with E-state index >= 15 is 0 Å². The number of rotatable bonds is 2. The first kappa shape index (κ1) is 14.0. The van der Waals surface area contributed by atoms with Crippen molar-refractivity contribution in [1.29, 1.82) is 5.26 Å². The van der Waals surface area contributed by atoms with Gasteiger partial charge in [-0.1, -0.05) is 6.92 Å². The molecule has 7 nitrogen and oxygen atoms in total. The summed E-state index contributed by atoms with van der Waals surface area (Å²) in [6, 6.07) is 3.96. The van der Waals surface area contributed by atoms with Crippen LogP contribution >= 0.6 is 0 Å². The van der Waals surface area contributed by atoms with Crippen molar-refractivity contribution in [2.75, 3.05) is 24.5 Å². The minimum absolute atomic E-state index is 0.0377. The van der Waals surface area contributed by atoms with Crippen LogP contribution in [0, 0.1) is 17.2 Å². The van der Waals surface area contributed by atoms with E-state index in [1.54, 1.807) is 6.33 Å². The highest BCUT2D eigenvalue weighted by molar-refractivity contribution is 5.87. The van der Waals surface area contributed by atoms with Crippen LogP contribution in [0.5, 0.6) is 0 Å². The first-order valence-corrected chi connectivity index (χ1v) is 7.86. The molecule has 2 atom stereocenters. The molecule has 0 bridgehead atoms. The van der Waals surface area contributed by atoms with Crippen molar-refractivity contribution in [2.24, 2.45) is 5.92 Å². The van der Waals surface area contributed by atoms with Gasteiger partial charge in [-0.15, -0.1) is 0 Å². The van der Waals surface area contributed by atoms with Crippen molar-refractivity contribution in [2.45, 2.75) is 25.3 Å². The Balaban J connectivity index is 1.62. The lowest BCUT2D eigenvalue weighted by Crippen LogP contribution is -2.69. The predicted octanol–water partition coefficient (Wildman–Crippen LogP) is 1.30. The highest BCUT2D eigenvalue weighted by Gasteiger charge is 2.56. The molecule has 0 aliphatic carbocycles. The number of hydrogen-bond donors (Lipinski definition) is 1. The largest absolute Gasteiger partial charge is 0.353 e. The summed E-state index contributed by atoms with van der Waals surface area (Å²) in [5.41, 5.74) is 0.677. The number of nitriles is 1. The number of anilines is 1. The molecule has 1 N–H and O–H groups in total. The number of aromatic amines is 1. The van der Waals surface area contributed by atoms with Gasteiger partial charge in [-0.2, -0.15) is 5.26 Å². The molecule has 118 valence electrons. The fourth-order valence-electron chi connectivity index (χ4n) is 4.02. The molecular formula is C16H18N6O. The van der Waals surface area contributed by atoms with Crippen LogP contribution in [0.3, 0.4) is 0 Å². The number of hydrogen-bond acceptors (Lipinski definition) is 5. The lowest BCUT2D eigenvalue weighted by Gasteiger charge is -2.55. The maximum atomic E-state index is 12.2. The second-order valence-electron chi connectivity index (χ2n) is 6.45. The third kappa shape index (κ3) is 1.91. The molecule has 4 heterocycles. The van der Waals surface area contributed by atoms with E-state index in [2.05, 4.69) is 26.8 Å². The Morgan fingerprint density at radius 3 is 3.22 bits per heavy atom. The Morgan fingerprint density at radius 2 is 2.43 bits per heavy atom. The summed E-state index contributed by atoms with van der Waals surface area (Å²) in [7, 11) is 0. The number of likely N-dealkylation sites (tertiary alicyclic amines) is 1. The molecule has 0 radical (unpaired) electrons. The van der Waals surface area contributed by atoms with Crippen LogP contribution in [-0.4, -0.2) is 50.9 Å². The zero-order valence-electron chi connectivity index (χ0n) is 13.0. The van der Waals surface area contributed by atoms with Crippen molar-refractivity contribution < 1.29 is 4.79 Å². The second-order valence-corrected chi connectivity index (χ2v) is 6.45. The van der Waals surface area contributed by atoms with Crippen molar-refractivity contribution in [1.82, 2.24) is 19.9 Å². The summed E-state index contributed by atoms with van der Waals surface area (Å²) in [5.74, 6) is 1.31. The fraction of sp³-hybridized carbons (Fsp3) is 0.500. The maximum absolute atomic E-state index is 12.2. The quantitative estimate of drug-likeness (QED) is 0.903. The first-order valence-electron chi connectivity index (χ1n) is 7.86. The molecular weight excluding hydrogens is 292 g/mol. The molecule has 4 rings (SSSR count). The number of aromatic nitrogens is 3. The van der Waals surface area contributed by atoms with Gasteiger partial charge in [-0.05, 0) is 18.4 Å². The number of nitrogens with one attached hydrogen (secondary N) is 1. The number of amides is 1. The Hall–Kier alpha value is -2.62. The van der Waals surface area contributed by atoms with Gasteiger partial charge in [-0.3, -0.25) is 4.79 Å². The van der Waals surface area contributed by atoms with Gasteiger partial charge in [0.15, 0.2) is 0 Å². The molecule has 0 aromatic carbocycles. The Labute approximate surface area is 133 Å². The van der Waals surface area contributed by atoms with Crippen molar-refractivity contribution >= 4 is 22.8 Å². The molecule has 1 spiro atoms. The molecule has 2 fully saturated rings. The van der Waals surface area contributed by atoms with Crippen LogP contribution in [0.25, 0.3) is 11.0 Å². The minimum Gasteiger partial charge on any atom is -0.353 e. The summed E-state index contributed by atoms with van der Waals surface area (Å²) in [6.45, 7) is 4.56. The van der Waals surface area contributed by atoms with Crippen LogP contribution < -0.4 is 4.90 Å². The minimum atomic E-state index is -0.151. The molecule has 1 amide bonds. The van der Waals surface area contributed by atoms with E-state index in [1.165, 1.54) is 0 Å². The molecule has 23 heavy (non-hydrogen) atoms. The van der Waals surface area contributed by atoms with E-state index in [9.17, 15) is 4.79 Å². The number of nitrogens with zero attached hydrogens (tertiary/aromatic N) is 5. The molecule has 2 aromatic heterocycles. The number of H-pyrrole nitrogens is 1. The van der Waals surface area contributed by atoms with Gasteiger partial charge in [0.25, 0.3) is 0 Å². The summed E-state index contributed by atoms with van der Waals surface area (Å²) in [5, 5.41) is 9.80. The van der Waals surface area contributed by atoms with Gasteiger partial charge in [-0.25, -0.2) is 9.97 Å². The highest BCUT2D eigenvalue weighted by atomic mass is 16.2. The molecule has 2 aliphatic heterocycles. The van der Waals surface area contributed by atoms with Crippen LogP contribution in [0.15, 0.2) is 18.6 Å². The monoisotopic (exact) mass is 310 g/mol. The third-order valence-corrected chi connectivity index (χ3v) is 5.35. The zero-order valence-corrected chi connectivity index (χ0v) is 13.0. The lowest BCUT2D eigenvalue weighted by atomic mass is 9.74. The number of carbonyl (C=O) groups is 1. The SMILES string of the molecule is C[C@H]1CN(C(=O)CC#N)[C@@]12CCN(c1ncnc3[nH]ccc13)C2. The van der Waals surface area contributed by atoms with E-state index < -0.39 is 0 Å². The van der Waals surface area contributed by atoms with Gasteiger partial charge in [0.2, 0.25) is 5.91 Å². The van der Waals surface area contributed by atoms with E-state index in [-0.39, 0.29) is 17.9 Å². The second kappa shape index (κ2) is 4.95. The molecule has 0 saturated carbocycles. The van der Waals surface area contributed by atoms with Crippen molar-refractivity contribution in [3.63, 3.8) is 0 Å². The van der Waals surface area contributed by atoms with Crippen molar-refractivity contribution in [3.8, 4) is 6.07 Å². The number of fused-ring (bicyclic) bond motifs is 1.